The Hall–Kier alpha value is -1.55. The second-order valence-electron chi connectivity index (χ2n) is 4.62. The predicted molar refractivity (Wildman–Crippen MR) is 75.4 cm³/mol. The Labute approximate surface area is 114 Å². The molecule has 0 saturated carbocycles. The van der Waals surface area contributed by atoms with E-state index >= 15 is 0 Å². The number of para-hydroxylation sites is 1. The van der Waals surface area contributed by atoms with E-state index in [4.69, 9.17) is 9.84 Å². The number of aliphatic hydroxyl groups is 1. The Morgan fingerprint density at radius 3 is 2.84 bits per heavy atom. The van der Waals surface area contributed by atoms with Crippen molar-refractivity contribution >= 4 is 5.91 Å². The fourth-order valence-electron chi connectivity index (χ4n) is 1.77. The van der Waals surface area contributed by atoms with Gasteiger partial charge in [0.15, 0.2) is 0 Å². The van der Waals surface area contributed by atoms with Gasteiger partial charge in [-0.3, -0.25) is 4.79 Å². The van der Waals surface area contributed by atoms with Gasteiger partial charge in [-0.1, -0.05) is 19.1 Å². The van der Waals surface area contributed by atoms with Crippen LogP contribution in [0.3, 0.4) is 0 Å². The summed E-state index contributed by atoms with van der Waals surface area (Å²) in [5, 5.41) is 11.8. The average Bonchev–Trinajstić information content (AvgIpc) is 2.44. The van der Waals surface area contributed by atoms with Crippen molar-refractivity contribution in [3.05, 3.63) is 29.8 Å². The zero-order valence-electron chi connectivity index (χ0n) is 11.7. The quantitative estimate of drug-likeness (QED) is 0.709. The smallest absolute Gasteiger partial charge is 0.255 e. The van der Waals surface area contributed by atoms with Crippen LogP contribution in [-0.4, -0.2) is 30.8 Å². The molecule has 1 unspecified atom stereocenters. The first kappa shape index (κ1) is 15.5. The van der Waals surface area contributed by atoms with Crippen molar-refractivity contribution < 1.29 is 14.6 Å². The van der Waals surface area contributed by atoms with Crippen molar-refractivity contribution in [3.8, 4) is 5.75 Å². The lowest BCUT2D eigenvalue weighted by Crippen LogP contribution is -2.25. The fraction of sp³-hybridized carbons (Fsp3) is 0.533. The molecule has 2 N–H and O–H groups in total. The van der Waals surface area contributed by atoms with Gasteiger partial charge in [0.25, 0.3) is 5.91 Å². The van der Waals surface area contributed by atoms with Gasteiger partial charge in [-0.15, -0.1) is 0 Å². The molecule has 0 aliphatic rings. The minimum atomic E-state index is -0.110. The summed E-state index contributed by atoms with van der Waals surface area (Å²) in [6.07, 6.45) is 1.77. The monoisotopic (exact) mass is 265 g/mol. The van der Waals surface area contributed by atoms with Gasteiger partial charge in [0.2, 0.25) is 0 Å². The second kappa shape index (κ2) is 8.53. The Kier molecular flexibility index (Phi) is 6.97. The lowest BCUT2D eigenvalue weighted by atomic mass is 10.1. The molecule has 1 aromatic rings. The van der Waals surface area contributed by atoms with Crippen molar-refractivity contribution in [2.75, 3.05) is 19.8 Å². The van der Waals surface area contributed by atoms with Crippen LogP contribution in [0.4, 0.5) is 0 Å². The van der Waals surface area contributed by atoms with Crippen molar-refractivity contribution in [2.24, 2.45) is 5.92 Å². The summed E-state index contributed by atoms with van der Waals surface area (Å²) in [5.74, 6) is 0.791. The van der Waals surface area contributed by atoms with Gasteiger partial charge >= 0.3 is 0 Å². The predicted octanol–water partition coefficient (Wildman–Crippen LogP) is 2.22. The van der Waals surface area contributed by atoms with Gasteiger partial charge in [-0.05, 0) is 37.8 Å². The molecule has 1 amide bonds. The van der Waals surface area contributed by atoms with Crippen LogP contribution in [0.5, 0.6) is 5.75 Å². The third-order valence-corrected chi connectivity index (χ3v) is 2.90. The van der Waals surface area contributed by atoms with E-state index in [1.165, 1.54) is 0 Å². The Balaban J connectivity index is 2.45. The Morgan fingerprint density at radius 2 is 2.16 bits per heavy atom. The van der Waals surface area contributed by atoms with E-state index < -0.39 is 0 Å². The van der Waals surface area contributed by atoms with Gasteiger partial charge in [-0.25, -0.2) is 0 Å². The summed E-state index contributed by atoms with van der Waals surface area (Å²) in [5.41, 5.74) is 0.569. The van der Waals surface area contributed by atoms with E-state index in [2.05, 4.69) is 5.32 Å². The van der Waals surface area contributed by atoms with E-state index in [-0.39, 0.29) is 18.4 Å². The number of hydrogen-bond donors (Lipinski definition) is 2. The molecular formula is C15H23NO3. The number of ether oxygens (including phenoxy) is 1. The third-order valence-electron chi connectivity index (χ3n) is 2.90. The SMILES string of the molecule is CCOc1ccccc1C(=O)NCCCC(C)CO. The standard InChI is InChI=1S/C15H23NO3/c1-3-19-14-9-5-4-8-13(14)15(18)16-10-6-7-12(2)11-17/h4-5,8-9,12,17H,3,6-7,10-11H2,1-2H3,(H,16,18). The van der Waals surface area contributed by atoms with E-state index in [9.17, 15) is 4.79 Å². The maximum atomic E-state index is 12.0. The van der Waals surface area contributed by atoms with Crippen molar-refractivity contribution in [2.45, 2.75) is 26.7 Å². The molecule has 0 aliphatic carbocycles. The van der Waals surface area contributed by atoms with Crippen LogP contribution in [-0.2, 0) is 0 Å². The number of amides is 1. The third kappa shape index (κ3) is 5.30. The van der Waals surface area contributed by atoms with Crippen LogP contribution in [0.15, 0.2) is 24.3 Å². The van der Waals surface area contributed by atoms with Crippen LogP contribution in [0.25, 0.3) is 0 Å². The molecule has 0 fully saturated rings. The van der Waals surface area contributed by atoms with E-state index in [1.807, 2.05) is 26.0 Å². The van der Waals surface area contributed by atoms with Gasteiger partial charge in [0.1, 0.15) is 5.75 Å². The molecule has 0 spiro atoms. The van der Waals surface area contributed by atoms with Crippen molar-refractivity contribution in [1.29, 1.82) is 0 Å². The highest BCUT2D eigenvalue weighted by molar-refractivity contribution is 5.96. The number of nitrogens with one attached hydrogen (secondary N) is 1. The molecule has 0 aromatic heterocycles. The number of hydrogen-bond acceptors (Lipinski definition) is 3. The van der Waals surface area contributed by atoms with Crippen LogP contribution in [0.1, 0.15) is 37.0 Å². The molecule has 0 heterocycles. The summed E-state index contributed by atoms with van der Waals surface area (Å²) in [6, 6.07) is 7.24. The maximum absolute atomic E-state index is 12.0. The van der Waals surface area contributed by atoms with Gasteiger partial charge in [-0.2, -0.15) is 0 Å². The number of rotatable bonds is 8. The van der Waals surface area contributed by atoms with Crippen LogP contribution in [0, 0.1) is 5.92 Å². The summed E-state index contributed by atoms with van der Waals surface area (Å²) < 4.78 is 5.43. The molecule has 0 aliphatic heterocycles. The molecule has 4 heteroatoms. The highest BCUT2D eigenvalue weighted by atomic mass is 16.5. The molecule has 0 saturated heterocycles. The van der Waals surface area contributed by atoms with Crippen molar-refractivity contribution in [1.82, 2.24) is 5.32 Å². The minimum absolute atomic E-state index is 0.110. The average molecular weight is 265 g/mol. The zero-order chi connectivity index (χ0) is 14.1. The van der Waals surface area contributed by atoms with Crippen LogP contribution >= 0.6 is 0 Å². The molecule has 1 atom stereocenters. The molecule has 1 rings (SSSR count). The number of aliphatic hydroxyl groups excluding tert-OH is 1. The number of benzene rings is 1. The Bertz CT molecular complexity index is 393. The number of carbonyl (C=O) groups is 1. The normalized spacial score (nSPS) is 11.9. The molecule has 0 radical (unpaired) electrons. The second-order valence-corrected chi connectivity index (χ2v) is 4.62. The van der Waals surface area contributed by atoms with Gasteiger partial charge in [0, 0.05) is 13.2 Å². The Morgan fingerprint density at radius 1 is 1.42 bits per heavy atom. The summed E-state index contributed by atoms with van der Waals surface area (Å²) in [6.45, 7) is 5.24. The number of carbonyl (C=O) groups excluding carboxylic acids is 1. The topological polar surface area (TPSA) is 58.6 Å². The molecule has 0 bridgehead atoms. The highest BCUT2D eigenvalue weighted by Gasteiger charge is 2.11. The maximum Gasteiger partial charge on any atom is 0.255 e. The first-order valence-electron chi connectivity index (χ1n) is 6.80. The summed E-state index contributed by atoms with van der Waals surface area (Å²) in [7, 11) is 0. The van der Waals surface area contributed by atoms with Crippen LogP contribution < -0.4 is 10.1 Å². The van der Waals surface area contributed by atoms with E-state index in [0.717, 1.165) is 12.8 Å². The fourth-order valence-corrected chi connectivity index (χ4v) is 1.77. The minimum Gasteiger partial charge on any atom is -0.493 e. The molecule has 106 valence electrons. The highest BCUT2D eigenvalue weighted by Crippen LogP contribution is 2.17. The van der Waals surface area contributed by atoms with Crippen molar-refractivity contribution in [3.63, 3.8) is 0 Å². The zero-order valence-corrected chi connectivity index (χ0v) is 11.7. The van der Waals surface area contributed by atoms with Crippen LogP contribution in [0.2, 0.25) is 0 Å². The van der Waals surface area contributed by atoms with Gasteiger partial charge < -0.3 is 15.2 Å². The molecule has 19 heavy (non-hydrogen) atoms. The lowest BCUT2D eigenvalue weighted by Gasteiger charge is -2.11. The first-order valence-corrected chi connectivity index (χ1v) is 6.80. The van der Waals surface area contributed by atoms with E-state index in [1.54, 1.807) is 12.1 Å². The van der Waals surface area contributed by atoms with E-state index in [0.29, 0.717) is 24.5 Å². The summed E-state index contributed by atoms with van der Waals surface area (Å²) in [4.78, 5) is 12.0. The summed E-state index contributed by atoms with van der Waals surface area (Å²) >= 11 is 0. The van der Waals surface area contributed by atoms with Gasteiger partial charge in [0.05, 0.1) is 12.2 Å². The largest absolute Gasteiger partial charge is 0.493 e. The molecule has 4 nitrogen and oxygen atoms in total. The first-order chi connectivity index (χ1) is 9.19. The lowest BCUT2D eigenvalue weighted by molar-refractivity contribution is 0.0948. The molecular weight excluding hydrogens is 242 g/mol. The molecule has 1 aromatic carbocycles.